The Morgan fingerprint density at radius 3 is 2.53 bits per heavy atom. The molecule has 0 amide bonds. The molecule has 1 aromatic rings. The van der Waals surface area contributed by atoms with E-state index in [0.29, 0.717) is 5.92 Å². The highest BCUT2D eigenvalue weighted by molar-refractivity contribution is 5.31. The Morgan fingerprint density at radius 1 is 1.37 bits per heavy atom. The summed E-state index contributed by atoms with van der Waals surface area (Å²) in [6.45, 7) is 6.01. The fourth-order valence-electron chi connectivity index (χ4n) is 3.36. The Hall–Kier alpha value is -1.33. The molecule has 0 aromatic heterocycles. The Bertz CT molecular complexity index is 483. The third kappa shape index (κ3) is 2.40. The van der Waals surface area contributed by atoms with Gasteiger partial charge >= 0.3 is 0 Å². The van der Waals surface area contributed by atoms with Crippen LogP contribution in [0.5, 0.6) is 0 Å². The first-order chi connectivity index (χ1) is 8.91. The SMILES string of the molecule is Cc1ccc(C(C)(O)C2(C#N)CCCC(C)C2)cc1. The molecular weight excluding hydrogens is 234 g/mol. The molecule has 0 heterocycles. The lowest BCUT2D eigenvalue weighted by Crippen LogP contribution is -2.45. The van der Waals surface area contributed by atoms with Crippen molar-refractivity contribution in [2.45, 2.75) is 52.1 Å². The van der Waals surface area contributed by atoms with E-state index in [2.05, 4.69) is 13.0 Å². The molecule has 0 bridgehead atoms. The number of nitrogens with zero attached hydrogens (tertiary/aromatic N) is 1. The minimum atomic E-state index is -1.08. The van der Waals surface area contributed by atoms with Crippen LogP contribution in [0, 0.1) is 29.6 Å². The molecule has 0 radical (unpaired) electrons. The molecule has 3 atom stereocenters. The summed E-state index contributed by atoms with van der Waals surface area (Å²) < 4.78 is 0. The van der Waals surface area contributed by atoms with Gasteiger partial charge in [0.2, 0.25) is 0 Å². The fraction of sp³-hybridized carbons (Fsp3) is 0.588. The number of hydrogen-bond donors (Lipinski definition) is 1. The van der Waals surface area contributed by atoms with E-state index < -0.39 is 11.0 Å². The van der Waals surface area contributed by atoms with Crippen molar-refractivity contribution < 1.29 is 5.11 Å². The predicted molar refractivity (Wildman–Crippen MR) is 76.4 cm³/mol. The molecule has 2 nitrogen and oxygen atoms in total. The Morgan fingerprint density at radius 2 is 2.00 bits per heavy atom. The predicted octanol–water partition coefficient (Wildman–Crippen LogP) is 3.92. The summed E-state index contributed by atoms with van der Waals surface area (Å²) in [7, 11) is 0. The van der Waals surface area contributed by atoms with E-state index in [1.54, 1.807) is 6.92 Å². The summed E-state index contributed by atoms with van der Waals surface area (Å²) in [5.74, 6) is 0.505. The van der Waals surface area contributed by atoms with E-state index in [1.807, 2.05) is 31.2 Å². The summed E-state index contributed by atoms with van der Waals surface area (Å²) in [6.07, 6.45) is 3.75. The first kappa shape index (κ1) is 14.1. The van der Waals surface area contributed by atoms with Crippen LogP contribution in [0.2, 0.25) is 0 Å². The quantitative estimate of drug-likeness (QED) is 0.872. The van der Waals surface area contributed by atoms with Crippen LogP contribution in [0.4, 0.5) is 0 Å². The largest absolute Gasteiger partial charge is 0.384 e. The maximum Gasteiger partial charge on any atom is 0.105 e. The topological polar surface area (TPSA) is 44.0 Å². The van der Waals surface area contributed by atoms with Gasteiger partial charge in [-0.25, -0.2) is 0 Å². The van der Waals surface area contributed by atoms with Gasteiger partial charge in [-0.15, -0.1) is 0 Å². The lowest BCUT2D eigenvalue weighted by Gasteiger charge is -2.45. The highest BCUT2D eigenvalue weighted by Crippen LogP contribution is 2.50. The Balaban J connectivity index is 2.41. The third-order valence-electron chi connectivity index (χ3n) is 4.76. The number of rotatable bonds is 2. The van der Waals surface area contributed by atoms with Crippen LogP contribution >= 0.6 is 0 Å². The Labute approximate surface area is 116 Å². The number of aryl methyl sites for hydroxylation is 1. The Kier molecular flexibility index (Phi) is 3.69. The zero-order valence-electron chi connectivity index (χ0n) is 12.1. The van der Waals surface area contributed by atoms with Crippen molar-refractivity contribution in [2.24, 2.45) is 11.3 Å². The summed E-state index contributed by atoms with van der Waals surface area (Å²) >= 11 is 0. The maximum atomic E-state index is 11.0. The highest BCUT2D eigenvalue weighted by atomic mass is 16.3. The van der Waals surface area contributed by atoms with Crippen LogP contribution in [-0.2, 0) is 5.60 Å². The molecule has 0 saturated heterocycles. The normalized spacial score (nSPS) is 30.4. The maximum absolute atomic E-state index is 11.0. The van der Waals surface area contributed by atoms with Crippen LogP contribution in [0.3, 0.4) is 0 Å². The molecule has 1 N–H and O–H groups in total. The summed E-state index contributed by atoms with van der Waals surface area (Å²) in [5, 5.41) is 20.7. The van der Waals surface area contributed by atoms with E-state index >= 15 is 0 Å². The van der Waals surface area contributed by atoms with E-state index in [1.165, 1.54) is 5.56 Å². The molecule has 1 aliphatic carbocycles. The van der Waals surface area contributed by atoms with Gasteiger partial charge in [-0.1, -0.05) is 49.6 Å². The van der Waals surface area contributed by atoms with Crippen molar-refractivity contribution in [3.8, 4) is 6.07 Å². The first-order valence-electron chi connectivity index (χ1n) is 7.12. The molecule has 1 aromatic carbocycles. The van der Waals surface area contributed by atoms with Gasteiger partial charge in [-0.05, 0) is 38.2 Å². The fourth-order valence-corrected chi connectivity index (χ4v) is 3.36. The zero-order valence-corrected chi connectivity index (χ0v) is 12.1. The van der Waals surface area contributed by atoms with Crippen LogP contribution in [0.1, 0.15) is 50.7 Å². The minimum absolute atomic E-state index is 0.505. The number of benzene rings is 1. The lowest BCUT2D eigenvalue weighted by atomic mass is 9.60. The van der Waals surface area contributed by atoms with Crippen molar-refractivity contribution in [1.29, 1.82) is 5.26 Å². The number of nitriles is 1. The van der Waals surface area contributed by atoms with Crippen molar-refractivity contribution in [1.82, 2.24) is 0 Å². The lowest BCUT2D eigenvalue weighted by molar-refractivity contribution is -0.0720. The van der Waals surface area contributed by atoms with Gasteiger partial charge < -0.3 is 5.11 Å². The zero-order chi connectivity index (χ0) is 14.1. The average molecular weight is 257 g/mol. The molecule has 1 saturated carbocycles. The van der Waals surface area contributed by atoms with Gasteiger partial charge in [-0.3, -0.25) is 0 Å². The molecule has 2 rings (SSSR count). The molecule has 1 aliphatic rings. The first-order valence-corrected chi connectivity index (χ1v) is 7.12. The summed E-state index contributed by atoms with van der Waals surface area (Å²) in [4.78, 5) is 0. The van der Waals surface area contributed by atoms with E-state index in [9.17, 15) is 10.4 Å². The van der Waals surface area contributed by atoms with Crippen molar-refractivity contribution in [3.63, 3.8) is 0 Å². The van der Waals surface area contributed by atoms with Gasteiger partial charge in [-0.2, -0.15) is 5.26 Å². The van der Waals surface area contributed by atoms with Crippen molar-refractivity contribution in [2.75, 3.05) is 0 Å². The highest BCUT2D eigenvalue weighted by Gasteiger charge is 2.50. The van der Waals surface area contributed by atoms with E-state index in [0.717, 1.165) is 31.2 Å². The van der Waals surface area contributed by atoms with E-state index in [4.69, 9.17) is 0 Å². The number of aliphatic hydroxyl groups is 1. The molecule has 19 heavy (non-hydrogen) atoms. The van der Waals surface area contributed by atoms with Crippen molar-refractivity contribution >= 4 is 0 Å². The van der Waals surface area contributed by atoms with E-state index in [-0.39, 0.29) is 0 Å². The molecule has 2 heteroatoms. The molecule has 0 aliphatic heterocycles. The second-order valence-electron chi connectivity index (χ2n) is 6.33. The van der Waals surface area contributed by atoms with Gasteiger partial charge in [0.1, 0.15) is 5.60 Å². The molecule has 1 fully saturated rings. The van der Waals surface area contributed by atoms with Crippen LogP contribution < -0.4 is 0 Å². The smallest absolute Gasteiger partial charge is 0.105 e. The summed E-state index contributed by atoms with van der Waals surface area (Å²) in [5.41, 5.74) is 0.292. The third-order valence-corrected chi connectivity index (χ3v) is 4.76. The average Bonchev–Trinajstić information content (AvgIpc) is 2.39. The molecule has 102 valence electrons. The molecule has 0 spiro atoms. The van der Waals surface area contributed by atoms with Crippen molar-refractivity contribution in [3.05, 3.63) is 35.4 Å². The van der Waals surface area contributed by atoms with Crippen LogP contribution in [-0.4, -0.2) is 5.11 Å². The second kappa shape index (κ2) is 4.98. The van der Waals surface area contributed by atoms with Gasteiger partial charge in [0.25, 0.3) is 0 Å². The summed E-state index contributed by atoms with van der Waals surface area (Å²) in [6, 6.07) is 10.4. The molecular formula is C17H23NO. The van der Waals surface area contributed by atoms with Gasteiger partial charge in [0, 0.05) is 0 Å². The molecule has 3 unspecified atom stereocenters. The second-order valence-corrected chi connectivity index (χ2v) is 6.33. The minimum Gasteiger partial charge on any atom is -0.384 e. The standard InChI is InChI=1S/C17H23NO/c1-13-6-8-15(9-7-13)16(3,19)17(12-18)10-4-5-14(2)11-17/h6-9,14,19H,4-5,10-11H2,1-3H3. The van der Waals surface area contributed by atoms with Crippen LogP contribution in [0.15, 0.2) is 24.3 Å². The number of hydrogen-bond acceptors (Lipinski definition) is 2. The monoisotopic (exact) mass is 257 g/mol. The van der Waals surface area contributed by atoms with Crippen LogP contribution in [0.25, 0.3) is 0 Å². The van der Waals surface area contributed by atoms with Gasteiger partial charge in [0.05, 0.1) is 11.5 Å². The van der Waals surface area contributed by atoms with Gasteiger partial charge in [0.15, 0.2) is 0 Å².